The van der Waals surface area contributed by atoms with E-state index in [4.69, 9.17) is 11.6 Å². The van der Waals surface area contributed by atoms with Crippen molar-refractivity contribution in [1.29, 1.82) is 0 Å². The van der Waals surface area contributed by atoms with Gasteiger partial charge < -0.3 is 10.0 Å². The van der Waals surface area contributed by atoms with E-state index in [1.54, 1.807) is 6.92 Å². The van der Waals surface area contributed by atoms with Gasteiger partial charge in [0.1, 0.15) is 0 Å². The number of benzene rings is 1. The Bertz CT molecular complexity index is 401. The summed E-state index contributed by atoms with van der Waals surface area (Å²) in [6, 6.07) is 5.69. The number of aliphatic hydroxyl groups excluding tert-OH is 1. The number of hydrogen-bond acceptors (Lipinski definition) is 2. The summed E-state index contributed by atoms with van der Waals surface area (Å²) in [6.07, 6.45) is -0.488. The van der Waals surface area contributed by atoms with Crippen molar-refractivity contribution in [2.75, 3.05) is 18.0 Å². The predicted octanol–water partition coefficient (Wildman–Crippen LogP) is 3.80. The van der Waals surface area contributed by atoms with E-state index in [-0.39, 0.29) is 0 Å². The Balaban J connectivity index is 3.00. The first-order valence-electron chi connectivity index (χ1n) is 5.82. The zero-order valence-electron chi connectivity index (χ0n) is 10.7. The van der Waals surface area contributed by atoms with Crippen molar-refractivity contribution in [3.05, 3.63) is 40.9 Å². The molecule has 0 heterocycles. The fraction of sp³-hybridized carbons (Fsp3) is 0.429. The lowest BCUT2D eigenvalue weighted by Gasteiger charge is -2.25. The highest BCUT2D eigenvalue weighted by molar-refractivity contribution is 6.33. The highest BCUT2D eigenvalue weighted by Crippen LogP contribution is 2.29. The lowest BCUT2D eigenvalue weighted by Crippen LogP contribution is -2.24. The fourth-order valence-corrected chi connectivity index (χ4v) is 2.04. The summed E-state index contributed by atoms with van der Waals surface area (Å²) in [5.41, 5.74) is 2.93. The minimum Gasteiger partial charge on any atom is -0.389 e. The van der Waals surface area contributed by atoms with E-state index in [0.717, 1.165) is 29.9 Å². The molecule has 1 aromatic rings. The second-order valence-electron chi connectivity index (χ2n) is 4.36. The maximum absolute atomic E-state index is 9.49. The smallest absolute Gasteiger partial charge is 0.0762 e. The minimum absolute atomic E-state index is 0.488. The summed E-state index contributed by atoms with van der Waals surface area (Å²) < 4.78 is 0. The maximum atomic E-state index is 9.49. The largest absolute Gasteiger partial charge is 0.389 e. The van der Waals surface area contributed by atoms with Crippen LogP contribution in [0.5, 0.6) is 0 Å². The summed E-state index contributed by atoms with van der Waals surface area (Å²) in [7, 11) is 0. The number of aliphatic hydroxyl groups is 1. The van der Waals surface area contributed by atoms with Crippen molar-refractivity contribution < 1.29 is 5.11 Å². The number of halogens is 1. The van der Waals surface area contributed by atoms with Gasteiger partial charge in [-0.05, 0) is 38.5 Å². The molecular weight excluding hydrogens is 234 g/mol. The molecule has 0 bridgehead atoms. The highest BCUT2D eigenvalue weighted by atomic mass is 35.5. The van der Waals surface area contributed by atoms with E-state index in [0.29, 0.717) is 5.02 Å². The number of nitrogens with zero attached hydrogens (tertiary/aromatic N) is 1. The molecule has 0 amide bonds. The first-order chi connectivity index (χ1) is 7.95. The minimum atomic E-state index is -0.488. The second kappa shape index (κ2) is 6.08. The summed E-state index contributed by atoms with van der Waals surface area (Å²) in [6.45, 7) is 11.4. The quantitative estimate of drug-likeness (QED) is 0.807. The molecule has 1 atom stereocenters. The van der Waals surface area contributed by atoms with Gasteiger partial charge in [-0.3, -0.25) is 0 Å². The Morgan fingerprint density at radius 3 is 2.59 bits per heavy atom. The standard InChI is InChI=1S/C14H20ClNO/c1-5-16(9-10(2)3)14-7-6-12(11(4)17)8-13(14)15/h6-8,11,17H,2,5,9H2,1,3-4H3/t11-/m0/s1. The predicted molar refractivity (Wildman–Crippen MR) is 74.8 cm³/mol. The van der Waals surface area contributed by atoms with Crippen LogP contribution in [0.25, 0.3) is 0 Å². The molecule has 0 radical (unpaired) electrons. The molecule has 17 heavy (non-hydrogen) atoms. The Kier molecular flexibility index (Phi) is 5.03. The Morgan fingerprint density at radius 2 is 2.18 bits per heavy atom. The Morgan fingerprint density at radius 1 is 1.53 bits per heavy atom. The molecule has 1 aromatic carbocycles. The third kappa shape index (κ3) is 3.76. The average Bonchev–Trinajstić information content (AvgIpc) is 2.25. The van der Waals surface area contributed by atoms with Crippen LogP contribution < -0.4 is 4.90 Å². The molecule has 1 N–H and O–H groups in total. The van der Waals surface area contributed by atoms with Crippen molar-refractivity contribution >= 4 is 17.3 Å². The molecule has 0 aliphatic rings. The van der Waals surface area contributed by atoms with Gasteiger partial charge in [-0.2, -0.15) is 0 Å². The van der Waals surface area contributed by atoms with Crippen molar-refractivity contribution in [3.63, 3.8) is 0 Å². The number of rotatable bonds is 5. The van der Waals surface area contributed by atoms with Gasteiger partial charge in [-0.1, -0.05) is 29.8 Å². The van der Waals surface area contributed by atoms with Gasteiger partial charge in [-0.25, -0.2) is 0 Å². The van der Waals surface area contributed by atoms with Crippen molar-refractivity contribution in [2.45, 2.75) is 26.9 Å². The van der Waals surface area contributed by atoms with E-state index < -0.39 is 6.10 Å². The van der Waals surface area contributed by atoms with Gasteiger partial charge in [-0.15, -0.1) is 0 Å². The van der Waals surface area contributed by atoms with Crippen molar-refractivity contribution in [1.82, 2.24) is 0 Å². The lowest BCUT2D eigenvalue weighted by molar-refractivity contribution is 0.199. The first kappa shape index (κ1) is 14.1. The average molecular weight is 254 g/mol. The molecule has 0 aliphatic carbocycles. The van der Waals surface area contributed by atoms with Crippen LogP contribution in [0.3, 0.4) is 0 Å². The van der Waals surface area contributed by atoms with E-state index in [1.165, 1.54) is 0 Å². The maximum Gasteiger partial charge on any atom is 0.0762 e. The fourth-order valence-electron chi connectivity index (χ4n) is 1.73. The summed E-state index contributed by atoms with van der Waals surface area (Å²) in [5.74, 6) is 0. The van der Waals surface area contributed by atoms with Crippen LogP contribution >= 0.6 is 11.6 Å². The van der Waals surface area contributed by atoms with Crippen LogP contribution in [-0.4, -0.2) is 18.2 Å². The molecule has 0 saturated heterocycles. The molecule has 0 saturated carbocycles. The summed E-state index contributed by atoms with van der Waals surface area (Å²) in [4.78, 5) is 2.16. The number of hydrogen-bond donors (Lipinski definition) is 1. The van der Waals surface area contributed by atoms with Crippen LogP contribution in [0.2, 0.25) is 5.02 Å². The zero-order chi connectivity index (χ0) is 13.0. The lowest BCUT2D eigenvalue weighted by atomic mass is 10.1. The molecule has 94 valence electrons. The molecule has 3 heteroatoms. The monoisotopic (exact) mass is 253 g/mol. The van der Waals surface area contributed by atoms with Crippen molar-refractivity contribution in [3.8, 4) is 0 Å². The molecular formula is C14H20ClNO. The normalized spacial score (nSPS) is 12.3. The van der Waals surface area contributed by atoms with Gasteiger partial charge in [0, 0.05) is 13.1 Å². The number of anilines is 1. The SMILES string of the molecule is C=C(C)CN(CC)c1ccc([C@H](C)O)cc1Cl. The molecule has 0 aromatic heterocycles. The number of likely N-dealkylation sites (N-methyl/N-ethyl adjacent to an activating group) is 1. The highest BCUT2D eigenvalue weighted by Gasteiger charge is 2.10. The topological polar surface area (TPSA) is 23.5 Å². The molecule has 0 aliphatic heterocycles. The zero-order valence-corrected chi connectivity index (χ0v) is 11.5. The van der Waals surface area contributed by atoms with Crippen LogP contribution in [0, 0.1) is 0 Å². The summed E-state index contributed by atoms with van der Waals surface area (Å²) in [5, 5.41) is 10.2. The van der Waals surface area contributed by atoms with E-state index >= 15 is 0 Å². The molecule has 0 spiro atoms. The third-order valence-electron chi connectivity index (χ3n) is 2.64. The first-order valence-corrected chi connectivity index (χ1v) is 6.20. The van der Waals surface area contributed by atoms with E-state index in [1.807, 2.05) is 25.1 Å². The summed E-state index contributed by atoms with van der Waals surface area (Å²) >= 11 is 6.25. The Labute approximate surface area is 109 Å². The van der Waals surface area contributed by atoms with Gasteiger partial charge in [0.05, 0.1) is 16.8 Å². The molecule has 1 rings (SSSR count). The molecule has 0 fully saturated rings. The van der Waals surface area contributed by atoms with Crippen LogP contribution in [0.1, 0.15) is 32.4 Å². The van der Waals surface area contributed by atoms with Crippen molar-refractivity contribution in [2.24, 2.45) is 0 Å². The Hall–Kier alpha value is -0.990. The van der Waals surface area contributed by atoms with Gasteiger partial charge in [0.2, 0.25) is 0 Å². The van der Waals surface area contributed by atoms with Gasteiger partial charge >= 0.3 is 0 Å². The third-order valence-corrected chi connectivity index (χ3v) is 2.94. The van der Waals surface area contributed by atoms with E-state index in [9.17, 15) is 5.11 Å². The van der Waals surface area contributed by atoms with Gasteiger partial charge in [0.15, 0.2) is 0 Å². The van der Waals surface area contributed by atoms with Gasteiger partial charge in [0.25, 0.3) is 0 Å². The molecule has 0 unspecified atom stereocenters. The molecule has 2 nitrogen and oxygen atoms in total. The van der Waals surface area contributed by atoms with Crippen LogP contribution in [0.15, 0.2) is 30.4 Å². The van der Waals surface area contributed by atoms with Crippen LogP contribution in [0.4, 0.5) is 5.69 Å². The van der Waals surface area contributed by atoms with Crippen LogP contribution in [-0.2, 0) is 0 Å². The van der Waals surface area contributed by atoms with E-state index in [2.05, 4.69) is 18.4 Å². The second-order valence-corrected chi connectivity index (χ2v) is 4.77.